The van der Waals surface area contributed by atoms with Crippen LogP contribution in [0.3, 0.4) is 0 Å². The van der Waals surface area contributed by atoms with Gasteiger partial charge in [0.2, 0.25) is 4.77 Å². The van der Waals surface area contributed by atoms with Crippen molar-refractivity contribution in [2.45, 2.75) is 33.1 Å². The summed E-state index contributed by atoms with van der Waals surface area (Å²) in [7, 11) is 0. The van der Waals surface area contributed by atoms with Crippen LogP contribution >= 0.6 is 12.2 Å². The fourth-order valence-corrected chi connectivity index (χ4v) is 2.42. The van der Waals surface area contributed by atoms with Crippen molar-refractivity contribution in [1.82, 2.24) is 14.9 Å². The molecule has 0 radical (unpaired) electrons. The molecule has 0 saturated carbocycles. The van der Waals surface area contributed by atoms with Crippen LogP contribution in [0.15, 0.2) is 28.1 Å². The summed E-state index contributed by atoms with van der Waals surface area (Å²) in [6.45, 7) is 4.94. The standard InChI is InChI=1S/C18H22N4O5S/c1-3-9-27-14-7-5-12(10-15(14)26-4-2)11-19-22-17(25)13(6-8-16(23)24)20-21-18(22)28/h5,7,10-11H,3-4,6,8-9H2,1-2H3,(H,21,28)(H,23,24)/b19-11-. The largest absolute Gasteiger partial charge is 0.490 e. The van der Waals surface area contributed by atoms with Crippen molar-refractivity contribution in [3.63, 3.8) is 0 Å². The van der Waals surface area contributed by atoms with Crippen LogP contribution in [0.4, 0.5) is 0 Å². The van der Waals surface area contributed by atoms with E-state index >= 15 is 0 Å². The molecule has 0 amide bonds. The predicted molar refractivity (Wildman–Crippen MR) is 106 cm³/mol. The number of aromatic nitrogens is 3. The first-order chi connectivity index (χ1) is 13.5. The monoisotopic (exact) mass is 406 g/mol. The van der Waals surface area contributed by atoms with E-state index in [1.165, 1.54) is 6.21 Å². The zero-order valence-electron chi connectivity index (χ0n) is 15.7. The second-order valence-corrected chi connectivity index (χ2v) is 6.11. The molecular formula is C18H22N4O5S. The molecule has 0 atom stereocenters. The predicted octanol–water partition coefficient (Wildman–Crippen LogP) is 2.39. The lowest BCUT2D eigenvalue weighted by molar-refractivity contribution is -0.136. The van der Waals surface area contributed by atoms with E-state index in [-0.39, 0.29) is 23.3 Å². The number of H-pyrrole nitrogens is 1. The molecule has 1 aromatic heterocycles. The van der Waals surface area contributed by atoms with E-state index in [4.69, 9.17) is 26.8 Å². The number of carboxylic acids is 1. The van der Waals surface area contributed by atoms with Gasteiger partial charge in [0.15, 0.2) is 11.5 Å². The lowest BCUT2D eigenvalue weighted by Gasteiger charge is -2.11. The molecule has 2 aromatic rings. The zero-order valence-corrected chi connectivity index (χ0v) is 16.5. The zero-order chi connectivity index (χ0) is 20.5. The number of carbonyl (C=O) groups is 1. The van der Waals surface area contributed by atoms with Gasteiger partial charge < -0.3 is 14.6 Å². The molecule has 2 rings (SSSR count). The molecule has 0 aliphatic heterocycles. The third kappa shape index (κ3) is 5.74. The Hall–Kier alpha value is -3.01. The second kappa shape index (κ2) is 10.4. The van der Waals surface area contributed by atoms with Crippen LogP contribution in [0.5, 0.6) is 11.5 Å². The smallest absolute Gasteiger partial charge is 0.303 e. The third-order valence-electron chi connectivity index (χ3n) is 3.55. The molecule has 0 bridgehead atoms. The molecule has 0 saturated heterocycles. The first-order valence-corrected chi connectivity index (χ1v) is 9.23. The molecule has 2 N–H and O–H groups in total. The van der Waals surface area contributed by atoms with Crippen LogP contribution in [0.1, 0.15) is 37.9 Å². The number of benzene rings is 1. The number of aliphatic carboxylic acids is 1. The van der Waals surface area contributed by atoms with E-state index in [0.29, 0.717) is 30.3 Å². The average Bonchev–Trinajstić information content (AvgIpc) is 2.66. The molecule has 0 spiro atoms. The molecule has 0 aliphatic rings. The fraction of sp³-hybridized carbons (Fsp3) is 0.389. The van der Waals surface area contributed by atoms with Gasteiger partial charge in [-0.2, -0.15) is 14.9 Å². The van der Waals surface area contributed by atoms with Gasteiger partial charge in [0.1, 0.15) is 5.69 Å². The summed E-state index contributed by atoms with van der Waals surface area (Å²) < 4.78 is 12.2. The van der Waals surface area contributed by atoms with Gasteiger partial charge in [-0.15, -0.1) is 0 Å². The van der Waals surface area contributed by atoms with E-state index in [2.05, 4.69) is 15.3 Å². The highest BCUT2D eigenvalue weighted by Crippen LogP contribution is 2.28. The quantitative estimate of drug-likeness (QED) is 0.459. The number of nitrogens with zero attached hydrogens (tertiary/aromatic N) is 3. The van der Waals surface area contributed by atoms with Crippen molar-refractivity contribution in [2.75, 3.05) is 13.2 Å². The van der Waals surface area contributed by atoms with E-state index in [9.17, 15) is 9.59 Å². The topological polar surface area (TPSA) is 119 Å². The molecule has 1 aromatic carbocycles. The van der Waals surface area contributed by atoms with Crippen LogP contribution in [0.25, 0.3) is 0 Å². The Morgan fingerprint density at radius 2 is 2.14 bits per heavy atom. The molecule has 1 heterocycles. The molecular weight excluding hydrogens is 384 g/mol. The highest BCUT2D eigenvalue weighted by molar-refractivity contribution is 7.71. The van der Waals surface area contributed by atoms with Crippen molar-refractivity contribution in [1.29, 1.82) is 0 Å². The van der Waals surface area contributed by atoms with Crippen molar-refractivity contribution in [3.8, 4) is 11.5 Å². The number of hydrogen-bond donors (Lipinski definition) is 2. The van der Waals surface area contributed by atoms with Crippen LogP contribution < -0.4 is 15.0 Å². The maximum atomic E-state index is 12.4. The number of carboxylic acid groups (broad SMARTS) is 1. The molecule has 150 valence electrons. The summed E-state index contributed by atoms with van der Waals surface area (Å²) in [5.41, 5.74) is 0.165. The molecule has 0 fully saturated rings. The van der Waals surface area contributed by atoms with Crippen LogP contribution in [-0.4, -0.2) is 45.4 Å². The van der Waals surface area contributed by atoms with E-state index in [1.807, 2.05) is 13.8 Å². The normalized spacial score (nSPS) is 10.9. The summed E-state index contributed by atoms with van der Waals surface area (Å²) >= 11 is 5.06. The van der Waals surface area contributed by atoms with E-state index < -0.39 is 11.5 Å². The van der Waals surface area contributed by atoms with Gasteiger partial charge in [-0.3, -0.25) is 14.7 Å². The minimum Gasteiger partial charge on any atom is -0.490 e. The number of aromatic amines is 1. The third-order valence-corrected chi connectivity index (χ3v) is 3.81. The van der Waals surface area contributed by atoms with Crippen LogP contribution in [-0.2, 0) is 11.2 Å². The maximum absolute atomic E-state index is 12.4. The summed E-state index contributed by atoms with van der Waals surface area (Å²) in [5, 5.41) is 19.2. The fourth-order valence-electron chi connectivity index (χ4n) is 2.25. The SMILES string of the molecule is CCCOc1ccc(/C=N\n2c(=S)[nH]nc(CCC(=O)O)c2=O)cc1OCC. The average molecular weight is 406 g/mol. The number of ether oxygens (including phenoxy) is 2. The number of aryl methyl sites for hydroxylation is 1. The van der Waals surface area contributed by atoms with Crippen LogP contribution in [0, 0.1) is 4.77 Å². The summed E-state index contributed by atoms with van der Waals surface area (Å²) in [4.78, 5) is 23.1. The summed E-state index contributed by atoms with van der Waals surface area (Å²) in [6.07, 6.45) is 2.10. The van der Waals surface area contributed by atoms with Gasteiger partial charge in [-0.25, -0.2) is 0 Å². The van der Waals surface area contributed by atoms with Crippen molar-refractivity contribution in [2.24, 2.45) is 5.10 Å². The van der Waals surface area contributed by atoms with Gasteiger partial charge in [0.25, 0.3) is 5.56 Å². The molecule has 9 nitrogen and oxygen atoms in total. The number of rotatable bonds is 10. The second-order valence-electron chi connectivity index (χ2n) is 5.72. The van der Waals surface area contributed by atoms with E-state index in [0.717, 1.165) is 11.1 Å². The lowest BCUT2D eigenvalue weighted by atomic mass is 10.2. The number of hydrogen-bond acceptors (Lipinski definition) is 7. The van der Waals surface area contributed by atoms with Gasteiger partial charge in [0, 0.05) is 6.42 Å². The minimum atomic E-state index is -1.02. The first kappa shape index (κ1) is 21.3. The summed E-state index contributed by atoms with van der Waals surface area (Å²) in [5.74, 6) is 0.192. The Balaban J connectivity index is 2.31. The molecule has 10 heteroatoms. The Kier molecular flexibility index (Phi) is 7.88. The van der Waals surface area contributed by atoms with Crippen LogP contribution in [0.2, 0.25) is 0 Å². The Bertz CT molecular complexity index is 967. The molecule has 0 unspecified atom stereocenters. The minimum absolute atomic E-state index is 0.00764. The summed E-state index contributed by atoms with van der Waals surface area (Å²) in [6, 6.07) is 5.31. The molecule has 0 aliphatic carbocycles. The van der Waals surface area contributed by atoms with E-state index in [1.54, 1.807) is 18.2 Å². The van der Waals surface area contributed by atoms with Gasteiger partial charge in [0.05, 0.1) is 25.8 Å². The first-order valence-electron chi connectivity index (χ1n) is 8.82. The van der Waals surface area contributed by atoms with Gasteiger partial charge in [-0.1, -0.05) is 6.92 Å². The number of nitrogens with one attached hydrogen (secondary N) is 1. The van der Waals surface area contributed by atoms with Gasteiger partial charge >= 0.3 is 5.97 Å². The van der Waals surface area contributed by atoms with Gasteiger partial charge in [-0.05, 0) is 49.3 Å². The lowest BCUT2D eigenvalue weighted by Crippen LogP contribution is -2.25. The maximum Gasteiger partial charge on any atom is 0.303 e. The Morgan fingerprint density at radius 3 is 2.82 bits per heavy atom. The van der Waals surface area contributed by atoms with Crippen molar-refractivity contribution >= 4 is 24.4 Å². The van der Waals surface area contributed by atoms with Crippen molar-refractivity contribution < 1.29 is 19.4 Å². The highest BCUT2D eigenvalue weighted by atomic mass is 32.1. The Labute approximate surface area is 166 Å². The van der Waals surface area contributed by atoms with Crippen molar-refractivity contribution in [3.05, 3.63) is 44.6 Å². The highest BCUT2D eigenvalue weighted by Gasteiger charge is 2.09. The Morgan fingerprint density at radius 1 is 1.36 bits per heavy atom. The molecule has 28 heavy (non-hydrogen) atoms.